The largest absolute Gasteiger partial charge is 0.355 e. The smallest absolute Gasteiger partial charge is 0.234 e. The fraction of sp³-hybridized carbons (Fsp3) is 0.190. The molecule has 0 atom stereocenters. The molecule has 0 aliphatic rings. The van der Waals surface area contributed by atoms with Gasteiger partial charge >= 0.3 is 0 Å². The van der Waals surface area contributed by atoms with E-state index in [-0.39, 0.29) is 29.1 Å². The molecule has 2 N–H and O–H groups in total. The zero-order valence-corrected chi connectivity index (χ0v) is 16.5. The standard InChI is InChI=1S/C21H21FN4O2S/c22-17-6-8-18(9-7-17)25-21(28)15-29-14-20(27)23-11-10-16-12-24-26(13-16)19-4-2-1-3-5-19/h1-9,12-13H,10-11,14-15H2,(H,23,27)(H,25,28). The minimum absolute atomic E-state index is 0.125. The number of amides is 2. The van der Waals surface area contributed by atoms with Crippen LogP contribution in [0, 0.1) is 5.82 Å². The molecule has 3 aromatic rings. The first-order valence-corrected chi connectivity index (χ1v) is 10.2. The Morgan fingerprint density at radius 1 is 1.00 bits per heavy atom. The minimum Gasteiger partial charge on any atom is -0.355 e. The highest BCUT2D eigenvalue weighted by atomic mass is 32.2. The average molecular weight is 412 g/mol. The predicted molar refractivity (Wildman–Crippen MR) is 113 cm³/mol. The van der Waals surface area contributed by atoms with Gasteiger partial charge in [0.15, 0.2) is 0 Å². The van der Waals surface area contributed by atoms with Gasteiger partial charge in [-0.25, -0.2) is 9.07 Å². The zero-order chi connectivity index (χ0) is 20.5. The van der Waals surface area contributed by atoms with Crippen LogP contribution in [0.25, 0.3) is 5.69 Å². The second kappa shape index (κ2) is 10.4. The molecule has 0 radical (unpaired) electrons. The summed E-state index contributed by atoms with van der Waals surface area (Å²) in [6.07, 6.45) is 4.40. The number of rotatable bonds is 9. The van der Waals surface area contributed by atoms with Crippen LogP contribution >= 0.6 is 11.8 Å². The number of aromatic nitrogens is 2. The molecule has 8 heteroatoms. The Hall–Kier alpha value is -3.13. The van der Waals surface area contributed by atoms with Crippen molar-refractivity contribution in [3.63, 3.8) is 0 Å². The lowest BCUT2D eigenvalue weighted by atomic mass is 10.2. The van der Waals surface area contributed by atoms with Crippen molar-refractivity contribution >= 4 is 29.3 Å². The number of nitrogens with one attached hydrogen (secondary N) is 2. The van der Waals surface area contributed by atoms with Crippen molar-refractivity contribution in [1.29, 1.82) is 0 Å². The number of anilines is 1. The molecule has 0 unspecified atom stereocenters. The molecule has 3 rings (SSSR count). The molecular weight excluding hydrogens is 391 g/mol. The van der Waals surface area contributed by atoms with Crippen molar-refractivity contribution in [3.05, 3.63) is 78.4 Å². The van der Waals surface area contributed by atoms with Crippen molar-refractivity contribution in [3.8, 4) is 5.69 Å². The molecule has 0 spiro atoms. The molecule has 1 heterocycles. The quantitative estimate of drug-likeness (QED) is 0.566. The van der Waals surface area contributed by atoms with Gasteiger partial charge in [-0.15, -0.1) is 11.8 Å². The van der Waals surface area contributed by atoms with E-state index < -0.39 is 0 Å². The summed E-state index contributed by atoms with van der Waals surface area (Å²) in [5, 5.41) is 9.82. The third kappa shape index (κ3) is 6.76. The van der Waals surface area contributed by atoms with Crippen molar-refractivity contribution < 1.29 is 14.0 Å². The Labute approximate surface area is 172 Å². The van der Waals surface area contributed by atoms with E-state index in [4.69, 9.17) is 0 Å². The van der Waals surface area contributed by atoms with E-state index in [9.17, 15) is 14.0 Å². The third-order valence-electron chi connectivity index (χ3n) is 3.99. The molecule has 150 valence electrons. The van der Waals surface area contributed by atoms with Gasteiger partial charge in [0.05, 0.1) is 23.4 Å². The summed E-state index contributed by atoms with van der Waals surface area (Å²) in [6.45, 7) is 0.502. The molecule has 6 nitrogen and oxygen atoms in total. The van der Waals surface area contributed by atoms with Crippen molar-refractivity contribution in [2.75, 3.05) is 23.4 Å². The number of nitrogens with zero attached hydrogens (tertiary/aromatic N) is 2. The van der Waals surface area contributed by atoms with Gasteiger partial charge in [0.25, 0.3) is 0 Å². The summed E-state index contributed by atoms with van der Waals surface area (Å²) in [5.74, 6) is -0.376. The number of thioether (sulfide) groups is 1. The third-order valence-corrected chi connectivity index (χ3v) is 4.92. The van der Waals surface area contributed by atoms with E-state index in [1.54, 1.807) is 10.9 Å². The minimum atomic E-state index is -0.360. The Balaban J connectivity index is 1.31. The number of para-hydroxylation sites is 1. The van der Waals surface area contributed by atoms with Gasteiger partial charge < -0.3 is 10.6 Å². The van der Waals surface area contributed by atoms with E-state index in [1.165, 1.54) is 36.0 Å². The van der Waals surface area contributed by atoms with E-state index in [0.29, 0.717) is 18.7 Å². The van der Waals surface area contributed by atoms with Gasteiger partial charge in [0.2, 0.25) is 11.8 Å². The number of benzene rings is 2. The Morgan fingerprint density at radius 2 is 1.72 bits per heavy atom. The second-order valence-electron chi connectivity index (χ2n) is 6.28. The Bertz CT molecular complexity index is 945. The van der Waals surface area contributed by atoms with Crippen LogP contribution in [0.2, 0.25) is 0 Å². The number of hydrogen-bond donors (Lipinski definition) is 2. The van der Waals surface area contributed by atoms with Crippen LogP contribution in [0.15, 0.2) is 67.0 Å². The fourth-order valence-electron chi connectivity index (χ4n) is 2.58. The molecule has 0 bridgehead atoms. The average Bonchev–Trinajstić information content (AvgIpc) is 3.19. The van der Waals surface area contributed by atoms with Crippen LogP contribution in [-0.4, -0.2) is 39.6 Å². The lowest BCUT2D eigenvalue weighted by Crippen LogP contribution is -2.28. The molecule has 2 aromatic carbocycles. The highest BCUT2D eigenvalue weighted by Gasteiger charge is 2.07. The molecule has 0 saturated heterocycles. The number of carbonyl (C=O) groups excluding carboxylic acids is 2. The van der Waals surface area contributed by atoms with E-state index in [0.717, 1.165) is 11.3 Å². The molecule has 29 heavy (non-hydrogen) atoms. The molecule has 2 amide bonds. The van der Waals surface area contributed by atoms with Crippen molar-refractivity contribution in [2.45, 2.75) is 6.42 Å². The molecule has 0 aliphatic carbocycles. The zero-order valence-electron chi connectivity index (χ0n) is 15.7. The first-order chi connectivity index (χ1) is 14.1. The summed E-state index contributed by atoms with van der Waals surface area (Å²) in [5.41, 5.74) is 2.54. The van der Waals surface area contributed by atoms with Crippen LogP contribution in [0.3, 0.4) is 0 Å². The second-order valence-corrected chi connectivity index (χ2v) is 7.26. The number of hydrogen-bond acceptors (Lipinski definition) is 4. The Kier molecular flexibility index (Phi) is 7.40. The Morgan fingerprint density at radius 3 is 2.48 bits per heavy atom. The van der Waals surface area contributed by atoms with Crippen LogP contribution in [0.1, 0.15) is 5.56 Å². The van der Waals surface area contributed by atoms with Gasteiger partial charge in [-0.1, -0.05) is 18.2 Å². The highest BCUT2D eigenvalue weighted by molar-refractivity contribution is 8.00. The monoisotopic (exact) mass is 412 g/mol. The van der Waals surface area contributed by atoms with E-state index in [1.807, 2.05) is 36.5 Å². The van der Waals surface area contributed by atoms with E-state index in [2.05, 4.69) is 15.7 Å². The first kappa shape index (κ1) is 20.6. The van der Waals surface area contributed by atoms with Gasteiger partial charge in [0.1, 0.15) is 5.82 Å². The maximum absolute atomic E-state index is 12.8. The maximum atomic E-state index is 12.8. The maximum Gasteiger partial charge on any atom is 0.234 e. The van der Waals surface area contributed by atoms with Crippen LogP contribution in [0.5, 0.6) is 0 Å². The van der Waals surface area contributed by atoms with Crippen LogP contribution in [-0.2, 0) is 16.0 Å². The first-order valence-electron chi connectivity index (χ1n) is 9.09. The molecule has 0 aliphatic heterocycles. The lowest BCUT2D eigenvalue weighted by molar-refractivity contribution is -0.118. The topological polar surface area (TPSA) is 76.0 Å². The number of carbonyl (C=O) groups is 2. The van der Waals surface area contributed by atoms with Crippen molar-refractivity contribution in [2.24, 2.45) is 0 Å². The molecule has 0 saturated carbocycles. The van der Waals surface area contributed by atoms with Crippen LogP contribution in [0.4, 0.5) is 10.1 Å². The van der Waals surface area contributed by atoms with Gasteiger partial charge in [0, 0.05) is 18.4 Å². The summed E-state index contributed by atoms with van der Waals surface area (Å²) in [4.78, 5) is 23.7. The summed E-state index contributed by atoms with van der Waals surface area (Å²) >= 11 is 1.22. The molecule has 0 fully saturated rings. The van der Waals surface area contributed by atoms with Crippen LogP contribution < -0.4 is 10.6 Å². The molecule has 1 aromatic heterocycles. The molecular formula is C21H21FN4O2S. The van der Waals surface area contributed by atoms with Crippen molar-refractivity contribution in [1.82, 2.24) is 15.1 Å². The van der Waals surface area contributed by atoms with Gasteiger partial charge in [-0.05, 0) is 48.4 Å². The number of halogens is 1. The normalized spacial score (nSPS) is 10.5. The lowest BCUT2D eigenvalue weighted by Gasteiger charge is -2.06. The predicted octanol–water partition coefficient (Wildman–Crippen LogP) is 3.04. The van der Waals surface area contributed by atoms with E-state index >= 15 is 0 Å². The SMILES string of the molecule is O=C(CSCC(=O)Nc1ccc(F)cc1)NCCc1cnn(-c2ccccc2)c1. The fourth-order valence-corrected chi connectivity index (χ4v) is 3.22. The van der Waals surface area contributed by atoms with Gasteiger partial charge in [-0.2, -0.15) is 5.10 Å². The van der Waals surface area contributed by atoms with Gasteiger partial charge in [-0.3, -0.25) is 9.59 Å². The highest BCUT2D eigenvalue weighted by Crippen LogP contribution is 2.10. The summed E-state index contributed by atoms with van der Waals surface area (Å²) in [6, 6.07) is 15.3. The summed E-state index contributed by atoms with van der Waals surface area (Å²) in [7, 11) is 0. The summed E-state index contributed by atoms with van der Waals surface area (Å²) < 4.78 is 14.6.